The minimum Gasteiger partial charge on any atom is -0.422 e. The molecule has 0 saturated carbocycles. The van der Waals surface area contributed by atoms with Gasteiger partial charge in [0.15, 0.2) is 0 Å². The van der Waals surface area contributed by atoms with E-state index in [4.69, 9.17) is 4.42 Å². The Morgan fingerprint density at radius 3 is 2.59 bits per heavy atom. The van der Waals surface area contributed by atoms with Crippen molar-refractivity contribution in [1.29, 1.82) is 0 Å². The van der Waals surface area contributed by atoms with E-state index >= 15 is 0 Å². The molecule has 4 nitrogen and oxygen atoms in total. The van der Waals surface area contributed by atoms with Gasteiger partial charge in [0.1, 0.15) is 11.1 Å². The van der Waals surface area contributed by atoms with Crippen LogP contribution in [-0.2, 0) is 0 Å². The maximum atomic E-state index is 12.3. The summed E-state index contributed by atoms with van der Waals surface area (Å²) in [5, 5.41) is 3.43. The predicted molar refractivity (Wildman–Crippen MR) is 94.3 cm³/mol. The van der Waals surface area contributed by atoms with Crippen LogP contribution in [-0.4, -0.2) is 5.91 Å². The zero-order valence-electron chi connectivity index (χ0n) is 11.7. The Hall–Kier alpha value is -2.15. The number of carbonyl (C=O) groups excluding carboxylic acids is 1. The van der Waals surface area contributed by atoms with Crippen LogP contribution in [0.1, 0.15) is 15.9 Å². The van der Waals surface area contributed by atoms with E-state index in [0.29, 0.717) is 11.3 Å². The monoisotopic (exact) mass is 405 g/mol. The molecule has 0 atom stereocenters. The van der Waals surface area contributed by atoms with Gasteiger partial charge in [-0.1, -0.05) is 18.2 Å². The lowest BCUT2D eigenvalue weighted by Crippen LogP contribution is -2.20. The van der Waals surface area contributed by atoms with Crippen molar-refractivity contribution in [3.8, 4) is 0 Å². The summed E-state index contributed by atoms with van der Waals surface area (Å²) in [5.74, 6) is -0.474. The molecule has 0 unspecified atom stereocenters. The van der Waals surface area contributed by atoms with E-state index in [9.17, 15) is 9.59 Å². The van der Waals surface area contributed by atoms with Crippen molar-refractivity contribution in [2.45, 2.75) is 6.92 Å². The second-order valence-corrected chi connectivity index (χ2v) is 6.15. The number of hydrogen-bond donors (Lipinski definition) is 1. The lowest BCUT2D eigenvalue weighted by Gasteiger charge is -2.06. The lowest BCUT2D eigenvalue weighted by atomic mass is 10.1. The van der Waals surface area contributed by atoms with E-state index in [-0.39, 0.29) is 5.56 Å². The summed E-state index contributed by atoms with van der Waals surface area (Å²) in [4.78, 5) is 24.3. The molecule has 1 heterocycles. The summed E-state index contributed by atoms with van der Waals surface area (Å²) >= 11 is 2.18. The maximum Gasteiger partial charge on any atom is 0.349 e. The van der Waals surface area contributed by atoms with Gasteiger partial charge in [-0.15, -0.1) is 0 Å². The molecule has 2 aromatic carbocycles. The quantitative estimate of drug-likeness (QED) is 0.519. The molecule has 1 amide bonds. The third-order valence-corrected chi connectivity index (χ3v) is 4.02. The largest absolute Gasteiger partial charge is 0.422 e. The molecule has 1 N–H and O–H groups in total. The molecule has 0 bridgehead atoms. The maximum absolute atomic E-state index is 12.3. The fourth-order valence-corrected chi connectivity index (χ4v) is 2.54. The molecule has 0 radical (unpaired) electrons. The van der Waals surface area contributed by atoms with E-state index in [1.165, 1.54) is 0 Å². The first-order valence-corrected chi connectivity index (χ1v) is 7.73. The summed E-state index contributed by atoms with van der Waals surface area (Å²) in [6.45, 7) is 1.86. The molecule has 0 saturated heterocycles. The normalized spacial score (nSPS) is 10.6. The molecule has 3 rings (SSSR count). The van der Waals surface area contributed by atoms with Crippen LogP contribution in [0.5, 0.6) is 0 Å². The minimum atomic E-state index is -0.634. The summed E-state index contributed by atoms with van der Waals surface area (Å²) in [5.41, 5.74) is 1.37. The Balaban J connectivity index is 1.99. The van der Waals surface area contributed by atoms with E-state index in [1.54, 1.807) is 18.2 Å². The molecule has 0 aliphatic heterocycles. The van der Waals surface area contributed by atoms with Gasteiger partial charge >= 0.3 is 5.63 Å². The first-order chi connectivity index (χ1) is 10.5. The summed E-state index contributed by atoms with van der Waals surface area (Å²) < 4.78 is 6.35. The summed E-state index contributed by atoms with van der Waals surface area (Å²) in [7, 11) is 0. The second-order valence-electron chi connectivity index (χ2n) is 4.90. The van der Waals surface area contributed by atoms with Crippen molar-refractivity contribution < 1.29 is 9.21 Å². The van der Waals surface area contributed by atoms with Crippen LogP contribution in [0.15, 0.2) is 57.7 Å². The first kappa shape index (κ1) is 14.8. The molecule has 3 aromatic rings. The number of rotatable bonds is 2. The van der Waals surface area contributed by atoms with Gasteiger partial charge in [-0.3, -0.25) is 4.79 Å². The second kappa shape index (κ2) is 5.92. The minimum absolute atomic E-state index is 0.00310. The van der Waals surface area contributed by atoms with Crippen LogP contribution in [0.2, 0.25) is 0 Å². The van der Waals surface area contributed by atoms with Gasteiger partial charge in [-0.25, -0.2) is 4.79 Å². The molecule has 0 aliphatic rings. The Bertz CT molecular complexity index is 913. The van der Waals surface area contributed by atoms with Crippen molar-refractivity contribution in [2.75, 3.05) is 5.32 Å². The van der Waals surface area contributed by atoms with Crippen LogP contribution in [0.3, 0.4) is 0 Å². The fourth-order valence-electron chi connectivity index (χ4n) is 2.18. The number of fused-ring (bicyclic) bond motifs is 1. The predicted octanol–water partition coefficient (Wildman–Crippen LogP) is 3.96. The topological polar surface area (TPSA) is 59.3 Å². The third-order valence-electron chi connectivity index (χ3n) is 3.30. The van der Waals surface area contributed by atoms with E-state index in [2.05, 4.69) is 27.9 Å². The molecular weight excluding hydrogens is 393 g/mol. The lowest BCUT2D eigenvalue weighted by molar-refractivity contribution is 0.102. The van der Waals surface area contributed by atoms with Crippen LogP contribution >= 0.6 is 22.6 Å². The highest BCUT2D eigenvalue weighted by Crippen LogP contribution is 2.18. The molecule has 1 aromatic heterocycles. The number of benzene rings is 2. The van der Waals surface area contributed by atoms with Crippen molar-refractivity contribution in [3.63, 3.8) is 0 Å². The fraction of sp³-hybridized carbons (Fsp3) is 0.0588. The van der Waals surface area contributed by atoms with Gasteiger partial charge in [-0.05, 0) is 65.4 Å². The average Bonchev–Trinajstić information content (AvgIpc) is 2.50. The number of hydrogen-bond acceptors (Lipinski definition) is 3. The standard InChI is InChI=1S/C17H12INO3/c1-10-3-2-4-11-9-14(17(21)22-15(10)11)16(20)19-13-7-5-12(18)6-8-13/h2-9H,1H3,(H,19,20). The van der Waals surface area contributed by atoms with Gasteiger partial charge in [0.25, 0.3) is 5.91 Å². The van der Waals surface area contributed by atoms with Crippen LogP contribution in [0, 0.1) is 10.5 Å². The number of carbonyl (C=O) groups is 1. The van der Waals surface area contributed by atoms with Gasteiger partial charge in [0, 0.05) is 14.6 Å². The Labute approximate surface area is 140 Å². The number of amides is 1. The number of anilines is 1. The van der Waals surface area contributed by atoms with Crippen LogP contribution in [0.4, 0.5) is 5.69 Å². The van der Waals surface area contributed by atoms with Gasteiger partial charge in [-0.2, -0.15) is 0 Å². The molecule has 0 fully saturated rings. The molecule has 110 valence electrons. The Morgan fingerprint density at radius 2 is 1.86 bits per heavy atom. The first-order valence-electron chi connectivity index (χ1n) is 6.65. The highest BCUT2D eigenvalue weighted by Gasteiger charge is 2.14. The Morgan fingerprint density at radius 1 is 1.14 bits per heavy atom. The van der Waals surface area contributed by atoms with Crippen LogP contribution < -0.4 is 10.9 Å². The van der Waals surface area contributed by atoms with Crippen molar-refractivity contribution in [2.24, 2.45) is 0 Å². The summed E-state index contributed by atoms with van der Waals surface area (Å²) in [6, 6.07) is 14.4. The van der Waals surface area contributed by atoms with E-state index in [0.717, 1.165) is 14.5 Å². The number of halogens is 1. The molecule has 5 heteroatoms. The SMILES string of the molecule is Cc1cccc2cc(C(=O)Nc3ccc(I)cc3)c(=O)oc12. The van der Waals surface area contributed by atoms with Crippen LogP contribution in [0.25, 0.3) is 11.0 Å². The van der Waals surface area contributed by atoms with E-state index in [1.807, 2.05) is 37.3 Å². The number of nitrogens with one attached hydrogen (secondary N) is 1. The molecule has 22 heavy (non-hydrogen) atoms. The van der Waals surface area contributed by atoms with Gasteiger partial charge in [0.05, 0.1) is 0 Å². The number of aryl methyl sites for hydroxylation is 1. The smallest absolute Gasteiger partial charge is 0.349 e. The van der Waals surface area contributed by atoms with Crippen molar-refractivity contribution in [3.05, 3.63) is 73.6 Å². The third kappa shape index (κ3) is 2.89. The van der Waals surface area contributed by atoms with Gasteiger partial charge in [0.2, 0.25) is 0 Å². The average molecular weight is 405 g/mol. The molecule has 0 spiro atoms. The molecular formula is C17H12INO3. The van der Waals surface area contributed by atoms with E-state index < -0.39 is 11.5 Å². The zero-order valence-corrected chi connectivity index (χ0v) is 13.9. The van der Waals surface area contributed by atoms with Gasteiger partial charge < -0.3 is 9.73 Å². The highest BCUT2D eigenvalue weighted by atomic mass is 127. The Kier molecular flexibility index (Phi) is 3.98. The number of para-hydroxylation sites is 1. The van der Waals surface area contributed by atoms with Crippen molar-refractivity contribution in [1.82, 2.24) is 0 Å². The van der Waals surface area contributed by atoms with Crippen molar-refractivity contribution >= 4 is 45.2 Å². The zero-order chi connectivity index (χ0) is 15.7. The highest BCUT2D eigenvalue weighted by molar-refractivity contribution is 14.1. The molecule has 0 aliphatic carbocycles. The summed E-state index contributed by atoms with van der Waals surface area (Å²) in [6.07, 6.45) is 0.